The second-order valence-corrected chi connectivity index (χ2v) is 4.40. The molecule has 1 fully saturated rings. The summed E-state index contributed by atoms with van der Waals surface area (Å²) in [6.45, 7) is 2.96. The van der Waals surface area contributed by atoms with Crippen LogP contribution in [0, 0.1) is 0 Å². The standard InChI is InChI=1S/C13H17NO3/c1-2-6-15-8-11(14-5-1)10-3-4-12-13(7-10)17-9-16-12/h3-4,7,11,14H,1-2,5-6,8-9H2. The van der Waals surface area contributed by atoms with E-state index in [4.69, 9.17) is 14.2 Å². The van der Waals surface area contributed by atoms with Crippen molar-refractivity contribution in [3.8, 4) is 11.5 Å². The second kappa shape index (κ2) is 4.94. The third kappa shape index (κ3) is 2.37. The van der Waals surface area contributed by atoms with Crippen LogP contribution in [0.25, 0.3) is 0 Å². The summed E-state index contributed by atoms with van der Waals surface area (Å²) in [4.78, 5) is 0. The van der Waals surface area contributed by atoms with Crippen molar-refractivity contribution in [2.75, 3.05) is 26.6 Å². The minimum Gasteiger partial charge on any atom is -0.454 e. The fourth-order valence-corrected chi connectivity index (χ4v) is 2.21. The molecule has 2 heterocycles. The molecule has 1 aromatic carbocycles. The summed E-state index contributed by atoms with van der Waals surface area (Å²) in [5.74, 6) is 1.67. The van der Waals surface area contributed by atoms with Crippen LogP contribution in [-0.4, -0.2) is 26.6 Å². The number of hydrogen-bond donors (Lipinski definition) is 1. The van der Waals surface area contributed by atoms with Gasteiger partial charge in [-0.25, -0.2) is 0 Å². The van der Waals surface area contributed by atoms with Gasteiger partial charge in [0.15, 0.2) is 11.5 Å². The van der Waals surface area contributed by atoms with Crippen LogP contribution in [0.2, 0.25) is 0 Å². The van der Waals surface area contributed by atoms with Crippen molar-refractivity contribution in [2.24, 2.45) is 0 Å². The maximum Gasteiger partial charge on any atom is 0.231 e. The summed E-state index contributed by atoms with van der Waals surface area (Å²) in [5.41, 5.74) is 1.20. The summed E-state index contributed by atoms with van der Waals surface area (Å²) < 4.78 is 16.3. The molecule has 1 saturated heterocycles. The van der Waals surface area contributed by atoms with Gasteiger partial charge in [0.1, 0.15) is 0 Å². The van der Waals surface area contributed by atoms with Gasteiger partial charge in [0.05, 0.1) is 12.6 Å². The molecule has 0 spiro atoms. The zero-order valence-electron chi connectivity index (χ0n) is 9.78. The van der Waals surface area contributed by atoms with E-state index in [0.29, 0.717) is 6.79 Å². The van der Waals surface area contributed by atoms with E-state index >= 15 is 0 Å². The molecule has 0 bridgehead atoms. The Kier molecular flexibility index (Phi) is 3.16. The van der Waals surface area contributed by atoms with Crippen LogP contribution in [0.15, 0.2) is 18.2 Å². The Morgan fingerprint density at radius 1 is 1.12 bits per heavy atom. The Hall–Kier alpha value is -1.26. The Labute approximate surface area is 101 Å². The molecule has 2 aliphatic rings. The zero-order chi connectivity index (χ0) is 11.5. The molecule has 4 heteroatoms. The number of rotatable bonds is 1. The average Bonchev–Trinajstić information content (AvgIpc) is 2.75. The molecule has 1 N–H and O–H groups in total. The lowest BCUT2D eigenvalue weighted by molar-refractivity contribution is 0.0971. The quantitative estimate of drug-likeness (QED) is 0.806. The second-order valence-electron chi connectivity index (χ2n) is 4.40. The van der Waals surface area contributed by atoms with Crippen molar-refractivity contribution in [1.29, 1.82) is 0 Å². The van der Waals surface area contributed by atoms with E-state index in [-0.39, 0.29) is 6.04 Å². The lowest BCUT2D eigenvalue weighted by Gasteiger charge is -2.22. The van der Waals surface area contributed by atoms with Crippen LogP contribution < -0.4 is 14.8 Å². The monoisotopic (exact) mass is 235 g/mol. The summed E-state index contributed by atoms with van der Waals surface area (Å²) in [6.07, 6.45) is 2.31. The van der Waals surface area contributed by atoms with E-state index < -0.39 is 0 Å². The van der Waals surface area contributed by atoms with Gasteiger partial charge in [-0.05, 0) is 37.1 Å². The normalized spacial score (nSPS) is 24.1. The minimum absolute atomic E-state index is 0.254. The van der Waals surface area contributed by atoms with Gasteiger partial charge in [-0.2, -0.15) is 0 Å². The van der Waals surface area contributed by atoms with E-state index in [1.165, 1.54) is 12.0 Å². The predicted octanol–water partition coefficient (Wildman–Crippen LogP) is 1.86. The predicted molar refractivity (Wildman–Crippen MR) is 63.4 cm³/mol. The first-order chi connectivity index (χ1) is 8.43. The lowest BCUT2D eigenvalue weighted by atomic mass is 10.1. The van der Waals surface area contributed by atoms with E-state index in [9.17, 15) is 0 Å². The minimum atomic E-state index is 0.254. The van der Waals surface area contributed by atoms with Crippen LogP contribution in [0.1, 0.15) is 24.4 Å². The Bertz CT molecular complexity index is 386. The molecule has 0 aromatic heterocycles. The molecule has 0 saturated carbocycles. The number of hydrogen-bond acceptors (Lipinski definition) is 4. The van der Waals surface area contributed by atoms with Crippen molar-refractivity contribution in [3.63, 3.8) is 0 Å². The van der Waals surface area contributed by atoms with Crippen LogP contribution >= 0.6 is 0 Å². The highest BCUT2D eigenvalue weighted by atomic mass is 16.7. The number of benzene rings is 1. The smallest absolute Gasteiger partial charge is 0.231 e. The van der Waals surface area contributed by atoms with E-state index in [0.717, 1.165) is 37.7 Å². The largest absolute Gasteiger partial charge is 0.454 e. The van der Waals surface area contributed by atoms with Crippen molar-refractivity contribution < 1.29 is 14.2 Å². The molecule has 0 aliphatic carbocycles. The van der Waals surface area contributed by atoms with Crippen LogP contribution in [0.5, 0.6) is 11.5 Å². The number of ether oxygens (including phenoxy) is 3. The fourth-order valence-electron chi connectivity index (χ4n) is 2.21. The van der Waals surface area contributed by atoms with Gasteiger partial charge in [-0.3, -0.25) is 0 Å². The Balaban J connectivity index is 1.77. The third-order valence-corrected chi connectivity index (χ3v) is 3.19. The fraction of sp³-hybridized carbons (Fsp3) is 0.538. The van der Waals surface area contributed by atoms with Crippen LogP contribution in [0.3, 0.4) is 0 Å². The molecule has 1 unspecified atom stereocenters. The first-order valence-corrected chi connectivity index (χ1v) is 6.14. The topological polar surface area (TPSA) is 39.7 Å². The highest BCUT2D eigenvalue weighted by Crippen LogP contribution is 2.34. The first kappa shape index (κ1) is 10.9. The molecule has 1 aromatic rings. The highest BCUT2D eigenvalue weighted by molar-refractivity contribution is 5.45. The van der Waals surface area contributed by atoms with Gasteiger partial charge >= 0.3 is 0 Å². The molecule has 1 atom stereocenters. The molecular formula is C13H17NO3. The van der Waals surface area contributed by atoms with Crippen molar-refractivity contribution in [3.05, 3.63) is 23.8 Å². The van der Waals surface area contributed by atoms with Crippen molar-refractivity contribution >= 4 is 0 Å². The number of fused-ring (bicyclic) bond motifs is 1. The zero-order valence-corrected chi connectivity index (χ0v) is 9.78. The van der Waals surface area contributed by atoms with Gasteiger partial charge in [0.2, 0.25) is 6.79 Å². The van der Waals surface area contributed by atoms with Gasteiger partial charge in [0, 0.05) is 6.61 Å². The molecule has 17 heavy (non-hydrogen) atoms. The van der Waals surface area contributed by atoms with Gasteiger partial charge < -0.3 is 19.5 Å². The van der Waals surface area contributed by atoms with Crippen molar-refractivity contribution in [1.82, 2.24) is 5.32 Å². The van der Waals surface area contributed by atoms with Crippen LogP contribution in [0.4, 0.5) is 0 Å². The first-order valence-electron chi connectivity index (χ1n) is 6.14. The van der Waals surface area contributed by atoms with E-state index in [1.54, 1.807) is 0 Å². The number of nitrogens with one attached hydrogen (secondary N) is 1. The summed E-state index contributed by atoms with van der Waals surface area (Å²) in [5, 5.41) is 3.51. The molecule has 92 valence electrons. The maximum atomic E-state index is 5.63. The maximum absolute atomic E-state index is 5.63. The highest BCUT2D eigenvalue weighted by Gasteiger charge is 2.18. The molecule has 0 amide bonds. The van der Waals surface area contributed by atoms with Gasteiger partial charge in [-0.1, -0.05) is 6.07 Å². The molecule has 0 radical (unpaired) electrons. The third-order valence-electron chi connectivity index (χ3n) is 3.19. The SMILES string of the molecule is c1cc2c(cc1C1COCCCCN1)OCO2. The molecule has 3 rings (SSSR count). The Morgan fingerprint density at radius 2 is 2.06 bits per heavy atom. The lowest BCUT2D eigenvalue weighted by Crippen LogP contribution is -2.29. The van der Waals surface area contributed by atoms with Gasteiger partial charge in [-0.15, -0.1) is 0 Å². The summed E-state index contributed by atoms with van der Waals surface area (Å²) in [6, 6.07) is 6.35. The Morgan fingerprint density at radius 3 is 3.06 bits per heavy atom. The van der Waals surface area contributed by atoms with Gasteiger partial charge in [0.25, 0.3) is 0 Å². The summed E-state index contributed by atoms with van der Waals surface area (Å²) in [7, 11) is 0. The van der Waals surface area contributed by atoms with E-state index in [1.807, 2.05) is 12.1 Å². The molecule has 4 nitrogen and oxygen atoms in total. The van der Waals surface area contributed by atoms with Crippen molar-refractivity contribution in [2.45, 2.75) is 18.9 Å². The molecule has 2 aliphatic heterocycles. The average molecular weight is 235 g/mol. The summed E-state index contributed by atoms with van der Waals surface area (Å²) >= 11 is 0. The van der Waals surface area contributed by atoms with E-state index in [2.05, 4.69) is 11.4 Å². The molecular weight excluding hydrogens is 218 g/mol. The van der Waals surface area contributed by atoms with Crippen LogP contribution in [-0.2, 0) is 4.74 Å².